The van der Waals surface area contributed by atoms with Crippen molar-refractivity contribution in [2.45, 2.75) is 19.0 Å². The van der Waals surface area contributed by atoms with Gasteiger partial charge < -0.3 is 5.32 Å². The lowest BCUT2D eigenvalue weighted by molar-refractivity contribution is 0.0943. The van der Waals surface area contributed by atoms with Crippen molar-refractivity contribution >= 4 is 24.8 Å². The number of benzene rings is 2. The Morgan fingerprint density at radius 1 is 0.909 bits per heavy atom. The predicted molar refractivity (Wildman–Crippen MR) is 98.3 cm³/mol. The Bertz CT molecular complexity index is 488. The Hall–Kier alpha value is -1.06. The lowest BCUT2D eigenvalue weighted by atomic mass is 9.93. The molecule has 1 saturated heterocycles. The van der Waals surface area contributed by atoms with Gasteiger partial charge in [0.05, 0.1) is 6.04 Å². The molecule has 0 saturated carbocycles. The minimum absolute atomic E-state index is 0. The molecule has 1 fully saturated rings. The van der Waals surface area contributed by atoms with E-state index in [9.17, 15) is 0 Å². The molecule has 0 aromatic heterocycles. The number of hydrogen-bond acceptors (Lipinski definition) is 2. The number of halogens is 2. The van der Waals surface area contributed by atoms with Crippen molar-refractivity contribution in [3.05, 3.63) is 71.8 Å². The molecule has 1 N–H and O–H groups in total. The van der Waals surface area contributed by atoms with Gasteiger partial charge in [0.25, 0.3) is 0 Å². The lowest BCUT2D eigenvalue weighted by Gasteiger charge is -2.45. The molecule has 2 aromatic rings. The van der Waals surface area contributed by atoms with E-state index in [0.717, 1.165) is 19.6 Å². The SMILES string of the molecule is CCNC1CN(C(c2ccccc2)c2ccccc2)C1.Cl.Cl. The highest BCUT2D eigenvalue weighted by molar-refractivity contribution is 5.85. The van der Waals surface area contributed by atoms with E-state index in [1.165, 1.54) is 11.1 Å². The Balaban J connectivity index is 0.00000121. The van der Waals surface area contributed by atoms with E-state index < -0.39 is 0 Å². The molecule has 0 bridgehead atoms. The molecule has 0 atom stereocenters. The van der Waals surface area contributed by atoms with Crippen LogP contribution in [0.15, 0.2) is 60.7 Å². The second-order valence-corrected chi connectivity index (χ2v) is 5.43. The van der Waals surface area contributed by atoms with Crippen molar-refractivity contribution in [2.75, 3.05) is 19.6 Å². The molecular weight excluding hydrogens is 315 g/mol. The maximum Gasteiger partial charge on any atom is 0.0602 e. The third kappa shape index (κ3) is 4.23. The number of rotatable bonds is 5. The first-order valence-electron chi connectivity index (χ1n) is 7.46. The molecule has 2 nitrogen and oxygen atoms in total. The molecule has 1 heterocycles. The minimum atomic E-state index is 0. The first-order chi connectivity index (χ1) is 9.88. The third-order valence-corrected chi connectivity index (χ3v) is 4.00. The zero-order valence-electron chi connectivity index (χ0n) is 12.8. The molecule has 1 aliphatic rings. The number of likely N-dealkylation sites (tertiary alicyclic amines) is 1. The van der Waals surface area contributed by atoms with Crippen molar-refractivity contribution in [3.8, 4) is 0 Å². The highest BCUT2D eigenvalue weighted by Crippen LogP contribution is 2.31. The lowest BCUT2D eigenvalue weighted by Crippen LogP contribution is -2.58. The fraction of sp³-hybridized carbons (Fsp3) is 0.333. The Morgan fingerprint density at radius 3 is 1.77 bits per heavy atom. The molecule has 0 unspecified atom stereocenters. The van der Waals surface area contributed by atoms with Crippen LogP contribution in [0.1, 0.15) is 24.1 Å². The maximum atomic E-state index is 3.53. The molecule has 0 amide bonds. The van der Waals surface area contributed by atoms with Crippen molar-refractivity contribution in [1.82, 2.24) is 10.2 Å². The summed E-state index contributed by atoms with van der Waals surface area (Å²) in [5.74, 6) is 0. The van der Waals surface area contributed by atoms with Crippen LogP contribution in [0.3, 0.4) is 0 Å². The van der Waals surface area contributed by atoms with Crippen LogP contribution < -0.4 is 5.32 Å². The summed E-state index contributed by atoms with van der Waals surface area (Å²) >= 11 is 0. The normalized spacial score (nSPS) is 14.8. The summed E-state index contributed by atoms with van der Waals surface area (Å²) in [6.07, 6.45) is 0. The van der Waals surface area contributed by atoms with Gasteiger partial charge in [-0.1, -0.05) is 67.6 Å². The second kappa shape index (κ2) is 9.16. The molecular formula is C18H24Cl2N2. The van der Waals surface area contributed by atoms with Gasteiger partial charge in [0.2, 0.25) is 0 Å². The summed E-state index contributed by atoms with van der Waals surface area (Å²) in [5.41, 5.74) is 2.77. The standard InChI is InChI=1S/C18H22N2.2ClH/c1-2-19-17-13-20(14-17)18(15-9-5-3-6-10-15)16-11-7-4-8-12-16;;/h3-12,17-19H,2,13-14H2,1H3;2*1H. The molecule has 4 heteroatoms. The van der Waals surface area contributed by atoms with Crippen LogP contribution in [-0.2, 0) is 0 Å². The minimum Gasteiger partial charge on any atom is -0.312 e. The van der Waals surface area contributed by atoms with E-state index in [4.69, 9.17) is 0 Å². The fourth-order valence-corrected chi connectivity index (χ4v) is 3.03. The molecule has 120 valence electrons. The summed E-state index contributed by atoms with van der Waals surface area (Å²) in [6, 6.07) is 22.7. The van der Waals surface area contributed by atoms with Gasteiger partial charge in [0, 0.05) is 19.1 Å². The second-order valence-electron chi connectivity index (χ2n) is 5.43. The quantitative estimate of drug-likeness (QED) is 0.888. The van der Waals surface area contributed by atoms with Crippen LogP contribution in [0, 0.1) is 0 Å². The first kappa shape index (κ1) is 19.0. The van der Waals surface area contributed by atoms with Crippen molar-refractivity contribution in [3.63, 3.8) is 0 Å². The summed E-state index contributed by atoms with van der Waals surface area (Å²) in [6.45, 7) is 5.49. The van der Waals surface area contributed by atoms with Gasteiger partial charge in [-0.25, -0.2) is 0 Å². The van der Waals surface area contributed by atoms with E-state index in [1.54, 1.807) is 0 Å². The highest BCUT2D eigenvalue weighted by atomic mass is 35.5. The van der Waals surface area contributed by atoms with Gasteiger partial charge in [0.1, 0.15) is 0 Å². The maximum absolute atomic E-state index is 3.53. The molecule has 22 heavy (non-hydrogen) atoms. The van der Waals surface area contributed by atoms with Gasteiger partial charge in [-0.2, -0.15) is 0 Å². The van der Waals surface area contributed by atoms with E-state index in [0.29, 0.717) is 12.1 Å². The van der Waals surface area contributed by atoms with E-state index in [2.05, 4.69) is 77.8 Å². The van der Waals surface area contributed by atoms with E-state index >= 15 is 0 Å². The number of likely N-dealkylation sites (N-methyl/N-ethyl adjacent to an activating group) is 1. The fourth-order valence-electron chi connectivity index (χ4n) is 3.03. The number of nitrogens with one attached hydrogen (secondary N) is 1. The molecule has 3 rings (SSSR count). The Labute approximate surface area is 145 Å². The van der Waals surface area contributed by atoms with Crippen molar-refractivity contribution < 1.29 is 0 Å². The van der Waals surface area contributed by atoms with Crippen LogP contribution in [0.2, 0.25) is 0 Å². The number of nitrogens with zero attached hydrogens (tertiary/aromatic N) is 1. The van der Waals surface area contributed by atoms with Crippen LogP contribution in [0.25, 0.3) is 0 Å². The number of hydrogen-bond donors (Lipinski definition) is 1. The largest absolute Gasteiger partial charge is 0.312 e. The monoisotopic (exact) mass is 338 g/mol. The molecule has 0 aliphatic carbocycles. The summed E-state index contributed by atoms with van der Waals surface area (Å²) in [4.78, 5) is 2.55. The van der Waals surface area contributed by atoms with Gasteiger partial charge in [-0.05, 0) is 17.7 Å². The van der Waals surface area contributed by atoms with Crippen LogP contribution in [0.4, 0.5) is 0 Å². The molecule has 1 aliphatic heterocycles. The predicted octanol–water partition coefficient (Wildman–Crippen LogP) is 3.91. The van der Waals surface area contributed by atoms with Gasteiger partial charge >= 0.3 is 0 Å². The molecule has 0 spiro atoms. The average Bonchev–Trinajstić information content (AvgIpc) is 2.47. The first-order valence-corrected chi connectivity index (χ1v) is 7.46. The topological polar surface area (TPSA) is 15.3 Å². The average molecular weight is 339 g/mol. The Morgan fingerprint density at radius 2 is 1.36 bits per heavy atom. The van der Waals surface area contributed by atoms with Gasteiger partial charge in [-0.3, -0.25) is 4.90 Å². The van der Waals surface area contributed by atoms with Crippen LogP contribution >= 0.6 is 24.8 Å². The summed E-state index contributed by atoms with van der Waals surface area (Å²) in [7, 11) is 0. The zero-order valence-corrected chi connectivity index (χ0v) is 14.4. The zero-order chi connectivity index (χ0) is 13.8. The molecule has 2 aromatic carbocycles. The van der Waals surface area contributed by atoms with E-state index in [1.807, 2.05) is 0 Å². The van der Waals surface area contributed by atoms with Crippen LogP contribution in [-0.4, -0.2) is 30.6 Å². The third-order valence-electron chi connectivity index (χ3n) is 4.00. The van der Waals surface area contributed by atoms with Crippen molar-refractivity contribution in [1.29, 1.82) is 0 Å². The summed E-state index contributed by atoms with van der Waals surface area (Å²) in [5, 5.41) is 3.53. The smallest absolute Gasteiger partial charge is 0.0602 e. The van der Waals surface area contributed by atoms with Crippen LogP contribution in [0.5, 0.6) is 0 Å². The van der Waals surface area contributed by atoms with Gasteiger partial charge in [0.15, 0.2) is 0 Å². The summed E-state index contributed by atoms with van der Waals surface area (Å²) < 4.78 is 0. The van der Waals surface area contributed by atoms with Crippen molar-refractivity contribution in [2.24, 2.45) is 0 Å². The molecule has 0 radical (unpaired) electrons. The van der Waals surface area contributed by atoms with E-state index in [-0.39, 0.29) is 24.8 Å². The highest BCUT2D eigenvalue weighted by Gasteiger charge is 2.33. The Kier molecular flexibility index (Phi) is 7.91. The van der Waals surface area contributed by atoms with Gasteiger partial charge in [-0.15, -0.1) is 24.8 Å².